The van der Waals surface area contributed by atoms with Gasteiger partial charge in [-0.25, -0.2) is 14.8 Å². The molecule has 0 aliphatic rings. The Hall–Kier alpha value is -3.94. The Balaban J connectivity index is 1.74. The number of anilines is 5. The van der Waals surface area contributed by atoms with Crippen LogP contribution in [0.5, 0.6) is 0 Å². The van der Waals surface area contributed by atoms with Gasteiger partial charge in [0.2, 0.25) is 0 Å². The highest BCUT2D eigenvalue weighted by Gasteiger charge is 2.10. The summed E-state index contributed by atoms with van der Waals surface area (Å²) in [6, 6.07) is 13.8. The van der Waals surface area contributed by atoms with E-state index in [-0.39, 0.29) is 11.8 Å². The maximum Gasteiger partial charge on any atom is 0.338 e. The summed E-state index contributed by atoms with van der Waals surface area (Å²) in [5.41, 5.74) is 9.06. The van der Waals surface area contributed by atoms with Gasteiger partial charge in [0.25, 0.3) is 0 Å². The smallest absolute Gasteiger partial charge is 0.338 e. The van der Waals surface area contributed by atoms with Crippen molar-refractivity contribution in [1.82, 2.24) is 9.97 Å². The predicted octanol–water partition coefficient (Wildman–Crippen LogP) is 3.93. The molecule has 0 unspecified atom stereocenters. The van der Waals surface area contributed by atoms with Crippen molar-refractivity contribution < 1.29 is 14.3 Å². The van der Waals surface area contributed by atoms with Crippen molar-refractivity contribution >= 4 is 40.5 Å². The first kappa shape index (κ1) is 19.8. The van der Waals surface area contributed by atoms with E-state index in [0.717, 1.165) is 5.69 Å². The predicted molar refractivity (Wildman–Crippen MR) is 112 cm³/mol. The molecule has 0 aliphatic carbocycles. The Bertz CT molecular complexity index is 1020. The van der Waals surface area contributed by atoms with Crippen molar-refractivity contribution in [2.24, 2.45) is 0 Å². The van der Waals surface area contributed by atoms with E-state index in [9.17, 15) is 9.59 Å². The lowest BCUT2D eigenvalue weighted by Crippen LogP contribution is -2.06. The summed E-state index contributed by atoms with van der Waals surface area (Å²) >= 11 is 0. The monoisotopic (exact) mass is 391 g/mol. The zero-order valence-electron chi connectivity index (χ0n) is 16.1. The molecule has 1 heterocycles. The number of nitrogen functional groups attached to an aromatic ring is 1. The minimum atomic E-state index is -0.372. The molecule has 0 spiro atoms. The molecule has 0 bridgehead atoms. The molecule has 0 atom stereocenters. The number of ketones is 1. The summed E-state index contributed by atoms with van der Waals surface area (Å²) < 4.78 is 4.97. The van der Waals surface area contributed by atoms with E-state index in [0.29, 0.717) is 40.7 Å². The van der Waals surface area contributed by atoms with Crippen molar-refractivity contribution in [2.75, 3.05) is 23.0 Å². The number of esters is 1. The molecule has 0 fully saturated rings. The summed E-state index contributed by atoms with van der Waals surface area (Å²) in [4.78, 5) is 31.5. The number of carbonyl (C=O) groups excluding carboxylic acids is 2. The topological polar surface area (TPSA) is 119 Å². The molecule has 0 saturated heterocycles. The summed E-state index contributed by atoms with van der Waals surface area (Å²) in [5.74, 6) is 0.481. The molecular weight excluding hydrogens is 370 g/mol. The molecule has 3 aromatic rings. The van der Waals surface area contributed by atoms with E-state index >= 15 is 0 Å². The Kier molecular flexibility index (Phi) is 6.03. The first-order valence-electron chi connectivity index (χ1n) is 9.00. The molecule has 0 saturated carbocycles. The molecule has 29 heavy (non-hydrogen) atoms. The van der Waals surface area contributed by atoms with Gasteiger partial charge < -0.3 is 21.1 Å². The molecule has 1 aromatic heterocycles. The Morgan fingerprint density at radius 1 is 0.897 bits per heavy atom. The summed E-state index contributed by atoms with van der Waals surface area (Å²) in [5, 5.41) is 6.22. The lowest BCUT2D eigenvalue weighted by Gasteiger charge is -2.13. The lowest BCUT2D eigenvalue weighted by atomic mass is 10.1. The fraction of sp³-hybridized carbons (Fsp3) is 0.143. The zero-order valence-corrected chi connectivity index (χ0v) is 16.1. The van der Waals surface area contributed by atoms with E-state index < -0.39 is 0 Å². The van der Waals surface area contributed by atoms with Crippen LogP contribution in [0, 0.1) is 0 Å². The van der Waals surface area contributed by atoms with Gasteiger partial charge in [-0.1, -0.05) is 0 Å². The molecule has 8 nitrogen and oxygen atoms in total. The number of hydrogen-bond acceptors (Lipinski definition) is 8. The van der Waals surface area contributed by atoms with Gasteiger partial charge in [0.1, 0.15) is 12.0 Å². The highest BCUT2D eigenvalue weighted by molar-refractivity contribution is 5.94. The second kappa shape index (κ2) is 8.83. The van der Waals surface area contributed by atoms with Crippen molar-refractivity contribution in [1.29, 1.82) is 0 Å². The van der Waals surface area contributed by atoms with Crippen molar-refractivity contribution in [2.45, 2.75) is 13.8 Å². The number of benzene rings is 2. The van der Waals surface area contributed by atoms with Gasteiger partial charge in [-0.15, -0.1) is 0 Å². The molecule has 0 radical (unpaired) electrons. The van der Waals surface area contributed by atoms with Crippen LogP contribution in [0.4, 0.5) is 28.7 Å². The quantitative estimate of drug-likeness (QED) is 0.409. The number of nitrogens with zero attached hydrogens (tertiary/aromatic N) is 2. The minimum Gasteiger partial charge on any atom is -0.462 e. The number of nitrogens with two attached hydrogens (primary N) is 1. The first-order valence-corrected chi connectivity index (χ1v) is 9.00. The molecule has 148 valence electrons. The van der Waals surface area contributed by atoms with Crippen LogP contribution in [0.1, 0.15) is 34.6 Å². The lowest BCUT2D eigenvalue weighted by molar-refractivity contribution is 0.0526. The van der Waals surface area contributed by atoms with Crippen LogP contribution >= 0.6 is 0 Å². The number of Topliss-reactive ketones (excluding diaryl/α,β-unsaturated/α-hetero) is 1. The Labute approximate surface area is 168 Å². The average molecular weight is 391 g/mol. The van der Waals surface area contributed by atoms with Crippen LogP contribution in [-0.2, 0) is 4.74 Å². The second-order valence-electron chi connectivity index (χ2n) is 6.17. The Morgan fingerprint density at radius 2 is 1.38 bits per heavy atom. The average Bonchev–Trinajstić information content (AvgIpc) is 2.72. The van der Waals surface area contributed by atoms with Crippen LogP contribution in [-0.4, -0.2) is 28.3 Å². The number of rotatable bonds is 7. The highest BCUT2D eigenvalue weighted by Crippen LogP contribution is 2.28. The second-order valence-corrected chi connectivity index (χ2v) is 6.17. The van der Waals surface area contributed by atoms with Gasteiger partial charge in [0.05, 0.1) is 12.2 Å². The van der Waals surface area contributed by atoms with Gasteiger partial charge in [0, 0.05) is 16.9 Å². The van der Waals surface area contributed by atoms with Gasteiger partial charge in [0.15, 0.2) is 17.4 Å². The van der Waals surface area contributed by atoms with E-state index in [4.69, 9.17) is 10.5 Å². The maximum absolute atomic E-state index is 11.7. The largest absolute Gasteiger partial charge is 0.462 e. The van der Waals surface area contributed by atoms with Gasteiger partial charge in [-0.3, -0.25) is 4.79 Å². The number of hydrogen-bond donors (Lipinski definition) is 3. The molecule has 0 amide bonds. The van der Waals surface area contributed by atoms with Gasteiger partial charge in [-0.05, 0) is 62.4 Å². The molecule has 2 aromatic carbocycles. The summed E-state index contributed by atoms with van der Waals surface area (Å²) in [6.07, 6.45) is 1.39. The third-order valence-electron chi connectivity index (χ3n) is 4.10. The van der Waals surface area contributed by atoms with E-state index in [1.807, 2.05) is 0 Å². The van der Waals surface area contributed by atoms with Crippen LogP contribution in [0.3, 0.4) is 0 Å². The van der Waals surface area contributed by atoms with E-state index in [1.165, 1.54) is 13.3 Å². The first-order chi connectivity index (χ1) is 14.0. The maximum atomic E-state index is 11.7. The van der Waals surface area contributed by atoms with Gasteiger partial charge >= 0.3 is 5.97 Å². The number of carbonyl (C=O) groups is 2. The number of ether oxygens (including phenoxy) is 1. The van der Waals surface area contributed by atoms with Crippen LogP contribution < -0.4 is 16.4 Å². The van der Waals surface area contributed by atoms with E-state index in [2.05, 4.69) is 20.6 Å². The highest BCUT2D eigenvalue weighted by atomic mass is 16.5. The minimum absolute atomic E-state index is 0.00133. The molecular formula is C21H21N5O3. The Morgan fingerprint density at radius 3 is 1.83 bits per heavy atom. The molecule has 3 rings (SSSR count). The summed E-state index contributed by atoms with van der Waals surface area (Å²) in [7, 11) is 0. The van der Waals surface area contributed by atoms with E-state index in [1.54, 1.807) is 55.5 Å². The van der Waals surface area contributed by atoms with Crippen LogP contribution in [0.25, 0.3) is 0 Å². The van der Waals surface area contributed by atoms with Crippen molar-refractivity contribution in [3.63, 3.8) is 0 Å². The SMILES string of the molecule is CCOC(=O)c1ccc(Nc2ncnc(Nc3ccc(C(C)=O)cc3)c2N)cc1. The number of aromatic nitrogens is 2. The summed E-state index contributed by atoms with van der Waals surface area (Å²) in [6.45, 7) is 3.60. The molecule has 0 aliphatic heterocycles. The molecule has 8 heteroatoms. The normalized spacial score (nSPS) is 10.3. The standard InChI is InChI=1S/C21H21N5O3/c1-3-29-21(28)15-6-10-17(11-7-15)26-20-18(22)19(23-12-24-20)25-16-8-4-14(5-9-16)13(2)27/h4-12H,3,22H2,1-2H3,(H2,23,24,25,26). The van der Waals surface area contributed by atoms with Crippen molar-refractivity contribution in [3.05, 3.63) is 66.0 Å². The third-order valence-corrected chi connectivity index (χ3v) is 4.10. The third kappa shape index (κ3) is 4.86. The van der Waals surface area contributed by atoms with Crippen LogP contribution in [0.2, 0.25) is 0 Å². The fourth-order valence-electron chi connectivity index (χ4n) is 2.56. The number of nitrogens with one attached hydrogen (secondary N) is 2. The van der Waals surface area contributed by atoms with Crippen LogP contribution in [0.15, 0.2) is 54.9 Å². The molecule has 4 N–H and O–H groups in total. The van der Waals surface area contributed by atoms with Crippen molar-refractivity contribution in [3.8, 4) is 0 Å². The zero-order chi connectivity index (χ0) is 20.8. The fourth-order valence-corrected chi connectivity index (χ4v) is 2.56. The van der Waals surface area contributed by atoms with Gasteiger partial charge in [-0.2, -0.15) is 0 Å².